The van der Waals surface area contributed by atoms with Crippen molar-refractivity contribution in [2.24, 2.45) is 16.7 Å². The van der Waals surface area contributed by atoms with Crippen molar-refractivity contribution >= 4 is 0 Å². The minimum atomic E-state index is -0.531. The first-order valence-electron chi connectivity index (χ1n) is 10.0. The van der Waals surface area contributed by atoms with Gasteiger partial charge in [0.2, 0.25) is 0 Å². The largest absolute Gasteiger partial charge is 0.395 e. The Morgan fingerprint density at radius 2 is 1.96 bits per heavy atom. The van der Waals surface area contributed by atoms with Crippen molar-refractivity contribution in [2.75, 3.05) is 26.3 Å². The highest BCUT2D eigenvalue weighted by atomic mass is 16.5. The molecule has 2 saturated carbocycles. The van der Waals surface area contributed by atoms with Crippen molar-refractivity contribution in [1.82, 2.24) is 4.90 Å². The smallest absolute Gasteiger partial charge is 0.0900 e. The number of hydrogen-bond donors (Lipinski definition) is 2. The van der Waals surface area contributed by atoms with Gasteiger partial charge < -0.3 is 14.9 Å². The molecule has 0 aromatic heterocycles. The Balaban J connectivity index is 1.50. The summed E-state index contributed by atoms with van der Waals surface area (Å²) in [6, 6.07) is 10.2. The summed E-state index contributed by atoms with van der Waals surface area (Å²) >= 11 is 0. The minimum absolute atomic E-state index is 0.0942. The van der Waals surface area contributed by atoms with E-state index in [4.69, 9.17) is 4.74 Å². The van der Waals surface area contributed by atoms with Gasteiger partial charge in [-0.05, 0) is 41.6 Å². The lowest BCUT2D eigenvalue weighted by atomic mass is 9.70. The van der Waals surface area contributed by atoms with Crippen LogP contribution in [0.15, 0.2) is 30.3 Å². The second-order valence-corrected chi connectivity index (χ2v) is 9.03. The van der Waals surface area contributed by atoms with E-state index in [1.165, 1.54) is 18.4 Å². The first-order valence-corrected chi connectivity index (χ1v) is 10.0. The normalized spacial score (nSPS) is 30.8. The molecular formula is C22H35NO3. The van der Waals surface area contributed by atoms with Gasteiger partial charge in [0.15, 0.2) is 0 Å². The fraction of sp³-hybridized carbons (Fsp3) is 0.727. The lowest BCUT2D eigenvalue weighted by molar-refractivity contribution is -0.0800. The predicted octanol–water partition coefficient (Wildman–Crippen LogP) is 3.07. The van der Waals surface area contributed by atoms with Gasteiger partial charge in [0.25, 0.3) is 0 Å². The van der Waals surface area contributed by atoms with Crippen LogP contribution in [0.1, 0.15) is 45.6 Å². The van der Waals surface area contributed by atoms with Gasteiger partial charge >= 0.3 is 0 Å². The Kier molecular flexibility index (Phi) is 6.07. The van der Waals surface area contributed by atoms with Crippen LogP contribution in [0.5, 0.6) is 0 Å². The number of nitrogens with zero attached hydrogens (tertiary/aromatic N) is 1. The van der Waals surface area contributed by atoms with Crippen LogP contribution in [0.2, 0.25) is 0 Å². The molecule has 146 valence electrons. The number of benzene rings is 1. The highest BCUT2D eigenvalue weighted by Gasteiger charge is 2.61. The van der Waals surface area contributed by atoms with E-state index in [-0.39, 0.29) is 18.1 Å². The summed E-state index contributed by atoms with van der Waals surface area (Å²) < 4.78 is 6.23. The van der Waals surface area contributed by atoms with E-state index in [1.54, 1.807) is 0 Å². The fourth-order valence-corrected chi connectivity index (χ4v) is 5.18. The molecule has 0 amide bonds. The van der Waals surface area contributed by atoms with Crippen LogP contribution in [0, 0.1) is 16.7 Å². The van der Waals surface area contributed by atoms with Crippen LogP contribution < -0.4 is 0 Å². The third-order valence-corrected chi connectivity index (χ3v) is 7.34. The summed E-state index contributed by atoms with van der Waals surface area (Å²) in [6.07, 6.45) is 3.40. The second kappa shape index (κ2) is 7.97. The zero-order valence-corrected chi connectivity index (χ0v) is 16.5. The third kappa shape index (κ3) is 3.84. The number of aliphatic hydroxyl groups is 2. The van der Waals surface area contributed by atoms with Gasteiger partial charge in [-0.15, -0.1) is 0 Å². The highest BCUT2D eigenvalue weighted by Crippen LogP contribution is 2.66. The Hall–Kier alpha value is -0.940. The molecule has 4 heteroatoms. The molecule has 1 aromatic rings. The fourth-order valence-electron chi connectivity index (χ4n) is 5.18. The Morgan fingerprint density at radius 3 is 2.54 bits per heavy atom. The summed E-state index contributed by atoms with van der Waals surface area (Å²) in [5, 5.41) is 19.9. The molecule has 1 aromatic carbocycles. The Labute approximate surface area is 158 Å². The van der Waals surface area contributed by atoms with E-state index in [2.05, 4.69) is 37.8 Å². The molecule has 0 aliphatic heterocycles. The predicted molar refractivity (Wildman–Crippen MR) is 104 cm³/mol. The molecule has 26 heavy (non-hydrogen) atoms. The molecule has 2 fully saturated rings. The van der Waals surface area contributed by atoms with Crippen LogP contribution in [0.25, 0.3) is 0 Å². The number of hydrogen-bond acceptors (Lipinski definition) is 4. The quantitative estimate of drug-likeness (QED) is 0.710. The van der Waals surface area contributed by atoms with E-state index in [1.807, 2.05) is 18.2 Å². The van der Waals surface area contributed by atoms with Gasteiger partial charge in [0.05, 0.1) is 25.4 Å². The van der Waals surface area contributed by atoms with Crippen molar-refractivity contribution in [3.8, 4) is 0 Å². The van der Waals surface area contributed by atoms with E-state index >= 15 is 0 Å². The number of ether oxygens (including phenoxy) is 1. The van der Waals surface area contributed by atoms with E-state index in [0.717, 1.165) is 18.9 Å². The zero-order chi connectivity index (χ0) is 18.8. The van der Waals surface area contributed by atoms with Crippen LogP contribution in [0.3, 0.4) is 0 Å². The van der Waals surface area contributed by atoms with Crippen LogP contribution >= 0.6 is 0 Å². The van der Waals surface area contributed by atoms with E-state index in [9.17, 15) is 10.2 Å². The summed E-state index contributed by atoms with van der Waals surface area (Å²) in [4.78, 5) is 2.09. The van der Waals surface area contributed by atoms with Crippen molar-refractivity contribution in [3.05, 3.63) is 35.9 Å². The molecule has 0 radical (unpaired) electrons. The van der Waals surface area contributed by atoms with Gasteiger partial charge in [-0.3, -0.25) is 4.90 Å². The SMILES string of the molecule is CC1(C)[C@H]2CC[C@@]1(C)[C@H](OC[C@@H](O)CN(CCO)Cc1ccccc1)C2. The van der Waals surface area contributed by atoms with E-state index < -0.39 is 6.10 Å². The van der Waals surface area contributed by atoms with E-state index in [0.29, 0.717) is 25.1 Å². The molecule has 0 saturated heterocycles. The number of rotatable bonds is 9. The average Bonchev–Trinajstić information content (AvgIpc) is 2.94. The molecular weight excluding hydrogens is 326 g/mol. The molecule has 2 aliphatic carbocycles. The molecule has 0 heterocycles. The van der Waals surface area contributed by atoms with Gasteiger partial charge in [0.1, 0.15) is 0 Å². The van der Waals surface area contributed by atoms with Crippen molar-refractivity contribution in [2.45, 2.75) is 58.8 Å². The molecule has 4 atom stereocenters. The molecule has 4 nitrogen and oxygen atoms in total. The van der Waals surface area contributed by atoms with Gasteiger partial charge in [0, 0.05) is 19.6 Å². The molecule has 2 bridgehead atoms. The third-order valence-electron chi connectivity index (χ3n) is 7.34. The van der Waals surface area contributed by atoms with Gasteiger partial charge in [-0.25, -0.2) is 0 Å². The van der Waals surface area contributed by atoms with Gasteiger partial charge in [-0.1, -0.05) is 51.1 Å². The van der Waals surface area contributed by atoms with Crippen molar-refractivity contribution in [3.63, 3.8) is 0 Å². The maximum atomic E-state index is 10.5. The Morgan fingerprint density at radius 1 is 1.23 bits per heavy atom. The molecule has 3 rings (SSSR count). The average molecular weight is 362 g/mol. The van der Waals surface area contributed by atoms with Crippen molar-refractivity contribution < 1.29 is 14.9 Å². The summed E-state index contributed by atoms with van der Waals surface area (Å²) in [5.41, 5.74) is 1.75. The lowest BCUT2D eigenvalue weighted by Crippen LogP contribution is -2.41. The van der Waals surface area contributed by atoms with Crippen molar-refractivity contribution in [1.29, 1.82) is 0 Å². The van der Waals surface area contributed by atoms with Crippen LogP contribution in [-0.4, -0.2) is 53.6 Å². The zero-order valence-electron chi connectivity index (χ0n) is 16.5. The monoisotopic (exact) mass is 361 g/mol. The maximum Gasteiger partial charge on any atom is 0.0900 e. The summed E-state index contributed by atoms with van der Waals surface area (Å²) in [7, 11) is 0. The maximum absolute atomic E-state index is 10.5. The molecule has 0 unspecified atom stereocenters. The first-order chi connectivity index (χ1) is 12.4. The standard InChI is InChI=1S/C22H35NO3/c1-21(2)18-9-10-22(21,3)20(13-18)26-16-19(25)15-23(11-12-24)14-17-7-5-4-6-8-17/h4-8,18-20,24-25H,9-16H2,1-3H3/t18-,19-,20+,22-/m0/s1. The minimum Gasteiger partial charge on any atom is -0.395 e. The molecule has 2 N–H and O–H groups in total. The molecule has 2 aliphatic rings. The number of aliphatic hydroxyl groups excluding tert-OH is 2. The van der Waals surface area contributed by atoms with Crippen LogP contribution in [-0.2, 0) is 11.3 Å². The first kappa shape index (κ1) is 19.8. The Bertz CT molecular complexity index is 576. The summed E-state index contributed by atoms with van der Waals surface area (Å²) in [6.45, 7) is 9.41. The molecule has 0 spiro atoms. The highest BCUT2D eigenvalue weighted by molar-refractivity contribution is 5.14. The number of fused-ring (bicyclic) bond motifs is 2. The van der Waals surface area contributed by atoms with Crippen LogP contribution in [0.4, 0.5) is 0 Å². The summed E-state index contributed by atoms with van der Waals surface area (Å²) in [5.74, 6) is 0.749. The second-order valence-electron chi connectivity index (χ2n) is 9.03. The van der Waals surface area contributed by atoms with Gasteiger partial charge in [-0.2, -0.15) is 0 Å². The topological polar surface area (TPSA) is 52.9 Å². The lowest BCUT2D eigenvalue weighted by Gasteiger charge is -2.39.